The van der Waals surface area contributed by atoms with E-state index in [0.29, 0.717) is 16.5 Å². The third-order valence-electron chi connectivity index (χ3n) is 2.94. The molecule has 0 spiro atoms. The summed E-state index contributed by atoms with van der Waals surface area (Å²) in [7, 11) is 0. The molecule has 16 heavy (non-hydrogen) atoms. The van der Waals surface area contributed by atoms with Gasteiger partial charge in [0, 0.05) is 34.1 Å². The van der Waals surface area contributed by atoms with Crippen LogP contribution in [0.1, 0.15) is 19.3 Å². The van der Waals surface area contributed by atoms with Gasteiger partial charge in [-0.2, -0.15) is 5.26 Å². The number of benzene rings is 1. The van der Waals surface area contributed by atoms with Crippen LogP contribution in [-0.2, 0) is 0 Å². The van der Waals surface area contributed by atoms with Crippen LogP contribution in [0.4, 0.5) is 5.69 Å². The van der Waals surface area contributed by atoms with Gasteiger partial charge in [-0.05, 0) is 31.0 Å². The first kappa shape index (κ1) is 11.6. The maximum absolute atomic E-state index is 8.71. The Morgan fingerprint density at radius 2 is 1.88 bits per heavy atom. The lowest BCUT2D eigenvalue weighted by molar-refractivity contribution is 0.557. The van der Waals surface area contributed by atoms with Gasteiger partial charge in [-0.15, -0.1) is 0 Å². The van der Waals surface area contributed by atoms with Crippen molar-refractivity contribution < 1.29 is 0 Å². The molecule has 0 amide bonds. The van der Waals surface area contributed by atoms with Crippen LogP contribution in [-0.4, -0.2) is 6.54 Å². The van der Waals surface area contributed by atoms with E-state index in [4.69, 9.17) is 28.5 Å². The molecule has 0 unspecified atom stereocenters. The zero-order chi connectivity index (χ0) is 11.6. The minimum absolute atomic E-state index is 0.184. The zero-order valence-corrected chi connectivity index (χ0v) is 10.3. The Labute approximate surface area is 105 Å². The first-order chi connectivity index (χ1) is 7.63. The molecule has 1 aromatic carbocycles. The van der Waals surface area contributed by atoms with Crippen molar-refractivity contribution in [3.8, 4) is 6.07 Å². The van der Waals surface area contributed by atoms with Gasteiger partial charge in [-0.3, -0.25) is 0 Å². The van der Waals surface area contributed by atoms with Gasteiger partial charge in [0.25, 0.3) is 0 Å². The van der Waals surface area contributed by atoms with Gasteiger partial charge in [0.1, 0.15) is 0 Å². The van der Waals surface area contributed by atoms with Crippen LogP contribution in [0.25, 0.3) is 0 Å². The second-order valence-electron chi connectivity index (χ2n) is 4.35. The molecule has 1 N–H and O–H groups in total. The Morgan fingerprint density at radius 3 is 2.38 bits per heavy atom. The first-order valence-corrected chi connectivity index (χ1v) is 5.96. The molecule has 0 bridgehead atoms. The molecule has 1 aromatic rings. The normalized spacial score (nSPS) is 16.6. The van der Waals surface area contributed by atoms with Gasteiger partial charge in [-0.1, -0.05) is 23.2 Å². The number of hydrogen-bond donors (Lipinski definition) is 1. The summed E-state index contributed by atoms with van der Waals surface area (Å²) < 4.78 is 0. The molecule has 2 rings (SSSR count). The number of nitriles is 1. The smallest absolute Gasteiger partial charge is 0.0628 e. The second-order valence-corrected chi connectivity index (χ2v) is 5.22. The lowest BCUT2D eigenvalue weighted by Crippen LogP contribution is -2.14. The van der Waals surface area contributed by atoms with E-state index in [2.05, 4.69) is 11.4 Å². The van der Waals surface area contributed by atoms with Crippen molar-refractivity contribution in [1.29, 1.82) is 5.26 Å². The molecule has 4 heteroatoms. The average Bonchev–Trinajstić information content (AvgIpc) is 2.95. The predicted octanol–water partition coefficient (Wildman–Crippen LogP) is 4.10. The molecular weight excluding hydrogens is 243 g/mol. The molecule has 2 nitrogen and oxygen atoms in total. The maximum atomic E-state index is 8.71. The maximum Gasteiger partial charge on any atom is 0.0628 e. The van der Waals surface area contributed by atoms with Crippen molar-refractivity contribution in [3.63, 3.8) is 0 Å². The molecule has 1 fully saturated rings. The third-order valence-corrected chi connectivity index (χ3v) is 3.38. The van der Waals surface area contributed by atoms with Gasteiger partial charge in [0.05, 0.1) is 6.07 Å². The van der Waals surface area contributed by atoms with E-state index in [1.807, 2.05) is 12.1 Å². The quantitative estimate of drug-likeness (QED) is 0.879. The Bertz CT molecular complexity index is 413. The zero-order valence-electron chi connectivity index (χ0n) is 8.76. The van der Waals surface area contributed by atoms with E-state index < -0.39 is 0 Å². The molecular formula is C12H12Cl2N2. The summed E-state index contributed by atoms with van der Waals surface area (Å²) in [5.74, 6) is 0. The molecule has 1 aliphatic rings. The lowest BCUT2D eigenvalue weighted by Gasteiger charge is -2.13. The van der Waals surface area contributed by atoms with Crippen molar-refractivity contribution in [3.05, 3.63) is 28.2 Å². The molecule has 0 radical (unpaired) electrons. The molecule has 0 atom stereocenters. The summed E-state index contributed by atoms with van der Waals surface area (Å²) >= 11 is 11.8. The van der Waals surface area contributed by atoms with E-state index in [-0.39, 0.29) is 5.41 Å². The van der Waals surface area contributed by atoms with Crippen LogP contribution in [0.2, 0.25) is 10.0 Å². The van der Waals surface area contributed by atoms with Crippen LogP contribution in [0, 0.1) is 16.7 Å². The number of nitrogens with zero attached hydrogens (tertiary/aromatic N) is 1. The van der Waals surface area contributed by atoms with Crippen LogP contribution in [0.5, 0.6) is 0 Å². The van der Waals surface area contributed by atoms with E-state index in [9.17, 15) is 0 Å². The predicted molar refractivity (Wildman–Crippen MR) is 66.8 cm³/mol. The van der Waals surface area contributed by atoms with E-state index >= 15 is 0 Å². The van der Waals surface area contributed by atoms with Gasteiger partial charge < -0.3 is 5.32 Å². The Hall–Kier alpha value is -0.910. The molecule has 84 valence electrons. The van der Waals surface area contributed by atoms with Crippen molar-refractivity contribution in [2.24, 2.45) is 5.41 Å². The van der Waals surface area contributed by atoms with Crippen LogP contribution < -0.4 is 5.32 Å². The highest BCUT2D eigenvalue weighted by molar-refractivity contribution is 6.35. The average molecular weight is 255 g/mol. The Morgan fingerprint density at radius 1 is 1.25 bits per heavy atom. The Balaban J connectivity index is 1.97. The molecule has 1 saturated carbocycles. The molecule has 0 aliphatic heterocycles. The fourth-order valence-electron chi connectivity index (χ4n) is 1.71. The van der Waals surface area contributed by atoms with Gasteiger partial charge in [0.15, 0.2) is 0 Å². The van der Waals surface area contributed by atoms with Gasteiger partial charge >= 0.3 is 0 Å². The van der Waals surface area contributed by atoms with Crippen LogP contribution in [0.3, 0.4) is 0 Å². The molecule has 0 heterocycles. The van der Waals surface area contributed by atoms with E-state index in [1.54, 1.807) is 6.07 Å². The molecule has 0 saturated heterocycles. The highest BCUT2D eigenvalue weighted by Crippen LogP contribution is 2.48. The topological polar surface area (TPSA) is 35.8 Å². The highest BCUT2D eigenvalue weighted by Gasteiger charge is 2.42. The summed E-state index contributed by atoms with van der Waals surface area (Å²) in [4.78, 5) is 0. The van der Waals surface area contributed by atoms with E-state index in [1.165, 1.54) is 0 Å². The molecule has 1 aliphatic carbocycles. The standard InChI is InChI=1S/C12H12Cl2N2/c13-9-5-10(14)7-11(6-9)16-8-12(1-2-12)3-4-15/h5-7,16H,1-3,8H2. The number of rotatable bonds is 4. The van der Waals surface area contributed by atoms with E-state index in [0.717, 1.165) is 25.1 Å². The number of nitrogens with one attached hydrogen (secondary N) is 1. The SMILES string of the molecule is N#CCC1(CNc2cc(Cl)cc(Cl)c2)CC1. The Kier molecular flexibility index (Phi) is 3.28. The summed E-state index contributed by atoms with van der Waals surface area (Å²) in [6.45, 7) is 0.817. The van der Waals surface area contributed by atoms with Crippen molar-refractivity contribution in [2.75, 3.05) is 11.9 Å². The number of halogens is 2. The summed E-state index contributed by atoms with van der Waals surface area (Å²) in [6.07, 6.45) is 2.87. The fourth-order valence-corrected chi connectivity index (χ4v) is 2.23. The largest absolute Gasteiger partial charge is 0.384 e. The van der Waals surface area contributed by atoms with Crippen LogP contribution in [0.15, 0.2) is 18.2 Å². The van der Waals surface area contributed by atoms with Crippen molar-refractivity contribution in [2.45, 2.75) is 19.3 Å². The number of hydrogen-bond acceptors (Lipinski definition) is 2. The summed E-state index contributed by atoms with van der Waals surface area (Å²) in [6, 6.07) is 7.63. The second kappa shape index (κ2) is 4.53. The fraction of sp³-hybridized carbons (Fsp3) is 0.417. The van der Waals surface area contributed by atoms with Crippen molar-refractivity contribution in [1.82, 2.24) is 0 Å². The molecule has 0 aromatic heterocycles. The first-order valence-electron chi connectivity index (χ1n) is 5.20. The monoisotopic (exact) mass is 254 g/mol. The number of anilines is 1. The lowest BCUT2D eigenvalue weighted by atomic mass is 10.0. The van der Waals surface area contributed by atoms with Crippen molar-refractivity contribution >= 4 is 28.9 Å². The minimum Gasteiger partial charge on any atom is -0.384 e. The summed E-state index contributed by atoms with van der Waals surface area (Å²) in [5.41, 5.74) is 1.10. The highest BCUT2D eigenvalue weighted by atomic mass is 35.5. The van der Waals surface area contributed by atoms with Crippen LogP contribution >= 0.6 is 23.2 Å². The van der Waals surface area contributed by atoms with Gasteiger partial charge in [-0.25, -0.2) is 0 Å². The summed E-state index contributed by atoms with van der Waals surface area (Å²) in [5, 5.41) is 13.3. The van der Waals surface area contributed by atoms with Gasteiger partial charge in [0.2, 0.25) is 0 Å². The minimum atomic E-state index is 0.184. The third kappa shape index (κ3) is 2.81.